The first kappa shape index (κ1) is 17.3. The number of aromatic nitrogens is 2. The van der Waals surface area contributed by atoms with Gasteiger partial charge in [0, 0.05) is 36.5 Å². The Morgan fingerprint density at radius 1 is 1.15 bits per heavy atom. The second-order valence-electron chi connectivity index (χ2n) is 7.37. The SMILES string of the molecule is Cc1nc2c(c(N(Cc3ccccc3O)CC3CCCO3)n1)CCCC2. The van der Waals surface area contributed by atoms with Crippen molar-refractivity contribution < 1.29 is 9.84 Å². The van der Waals surface area contributed by atoms with Crippen molar-refractivity contribution in [1.29, 1.82) is 0 Å². The Morgan fingerprint density at radius 3 is 2.81 bits per heavy atom. The van der Waals surface area contributed by atoms with Crippen LogP contribution < -0.4 is 4.90 Å². The first-order valence-corrected chi connectivity index (χ1v) is 9.70. The predicted molar refractivity (Wildman–Crippen MR) is 102 cm³/mol. The lowest BCUT2D eigenvalue weighted by molar-refractivity contribution is 0.115. The van der Waals surface area contributed by atoms with Crippen molar-refractivity contribution in [1.82, 2.24) is 9.97 Å². The van der Waals surface area contributed by atoms with Crippen LogP contribution in [-0.4, -0.2) is 34.3 Å². The third-order valence-corrected chi connectivity index (χ3v) is 5.37. The van der Waals surface area contributed by atoms with Crippen molar-refractivity contribution in [3.8, 4) is 5.75 Å². The summed E-state index contributed by atoms with van der Waals surface area (Å²) >= 11 is 0. The molecular formula is C21H27N3O2. The van der Waals surface area contributed by atoms with Gasteiger partial charge in [-0.2, -0.15) is 0 Å². The molecule has 1 saturated heterocycles. The molecule has 5 heteroatoms. The second kappa shape index (κ2) is 7.62. The summed E-state index contributed by atoms with van der Waals surface area (Å²) in [6.07, 6.45) is 6.91. The molecule has 5 nitrogen and oxygen atoms in total. The van der Waals surface area contributed by atoms with E-state index in [2.05, 4.69) is 4.90 Å². The van der Waals surface area contributed by atoms with Crippen LogP contribution in [0.4, 0.5) is 5.82 Å². The number of fused-ring (bicyclic) bond motifs is 1. The predicted octanol–water partition coefficient (Wildman–Crippen LogP) is 3.56. The maximum Gasteiger partial charge on any atom is 0.136 e. The van der Waals surface area contributed by atoms with Crippen LogP contribution in [0.25, 0.3) is 0 Å². The Labute approximate surface area is 155 Å². The molecule has 0 saturated carbocycles. The van der Waals surface area contributed by atoms with Gasteiger partial charge in [-0.25, -0.2) is 9.97 Å². The van der Waals surface area contributed by atoms with E-state index in [1.165, 1.54) is 24.1 Å². The van der Waals surface area contributed by atoms with Crippen LogP contribution in [0.3, 0.4) is 0 Å². The van der Waals surface area contributed by atoms with Crippen LogP contribution >= 0.6 is 0 Å². The standard InChI is InChI=1S/C21H27N3O2/c1-15-22-19-10-4-3-9-18(19)21(23-15)24(14-17-8-6-12-26-17)13-16-7-2-5-11-20(16)25/h2,5,7,11,17,25H,3-4,6,8-10,12-14H2,1H3. The number of benzene rings is 1. The summed E-state index contributed by atoms with van der Waals surface area (Å²) < 4.78 is 5.90. The van der Waals surface area contributed by atoms with Crippen LogP contribution in [0.1, 0.15) is 48.3 Å². The van der Waals surface area contributed by atoms with Crippen molar-refractivity contribution in [3.63, 3.8) is 0 Å². The highest BCUT2D eigenvalue weighted by molar-refractivity contribution is 5.52. The largest absolute Gasteiger partial charge is 0.508 e. The molecular weight excluding hydrogens is 326 g/mol. The number of aryl methyl sites for hydroxylation is 2. The number of rotatable bonds is 5. The summed E-state index contributed by atoms with van der Waals surface area (Å²) in [5.74, 6) is 2.20. The molecule has 1 aromatic heterocycles. The fourth-order valence-electron chi connectivity index (χ4n) is 4.07. The maximum atomic E-state index is 10.3. The Kier molecular flexibility index (Phi) is 5.07. The minimum Gasteiger partial charge on any atom is -0.508 e. The van der Waals surface area contributed by atoms with E-state index >= 15 is 0 Å². The quantitative estimate of drug-likeness (QED) is 0.891. The summed E-state index contributed by atoms with van der Waals surface area (Å²) in [6, 6.07) is 7.57. The maximum absolute atomic E-state index is 10.3. The molecule has 1 aromatic carbocycles. The molecule has 0 radical (unpaired) electrons. The average Bonchev–Trinajstić information content (AvgIpc) is 3.15. The van der Waals surface area contributed by atoms with E-state index in [1.54, 1.807) is 6.07 Å². The van der Waals surface area contributed by atoms with Gasteiger partial charge < -0.3 is 14.7 Å². The molecule has 4 rings (SSSR count). The fourth-order valence-corrected chi connectivity index (χ4v) is 4.07. The number of ether oxygens (including phenoxy) is 1. The van der Waals surface area contributed by atoms with Crippen LogP contribution in [0.5, 0.6) is 5.75 Å². The van der Waals surface area contributed by atoms with Gasteiger partial charge in [-0.1, -0.05) is 18.2 Å². The molecule has 2 aromatic rings. The lowest BCUT2D eigenvalue weighted by Crippen LogP contribution is -2.34. The number of phenols is 1. The van der Waals surface area contributed by atoms with Crippen molar-refractivity contribution in [3.05, 3.63) is 46.9 Å². The number of aromatic hydroxyl groups is 1. The Bertz CT molecular complexity index is 772. The van der Waals surface area contributed by atoms with Crippen LogP contribution in [0, 0.1) is 6.92 Å². The molecule has 0 bridgehead atoms. The van der Waals surface area contributed by atoms with E-state index in [4.69, 9.17) is 14.7 Å². The van der Waals surface area contributed by atoms with E-state index in [0.717, 1.165) is 56.0 Å². The molecule has 2 aliphatic rings. The minimum atomic E-state index is 0.232. The molecule has 1 aliphatic carbocycles. The van der Waals surface area contributed by atoms with E-state index in [0.29, 0.717) is 12.3 Å². The number of nitrogens with zero attached hydrogens (tertiary/aromatic N) is 3. The lowest BCUT2D eigenvalue weighted by Gasteiger charge is -2.30. The van der Waals surface area contributed by atoms with E-state index < -0.39 is 0 Å². The number of phenolic OH excluding ortho intramolecular Hbond substituents is 1. The van der Waals surface area contributed by atoms with E-state index in [9.17, 15) is 5.11 Å². The first-order chi connectivity index (χ1) is 12.7. The minimum absolute atomic E-state index is 0.232. The first-order valence-electron chi connectivity index (χ1n) is 9.70. The summed E-state index contributed by atoms with van der Waals surface area (Å²) in [4.78, 5) is 11.8. The summed E-state index contributed by atoms with van der Waals surface area (Å²) in [6.45, 7) is 4.26. The van der Waals surface area contributed by atoms with Gasteiger partial charge in [0.15, 0.2) is 0 Å². The zero-order chi connectivity index (χ0) is 17.9. The normalized spacial score (nSPS) is 19.3. The smallest absolute Gasteiger partial charge is 0.136 e. The van der Waals surface area contributed by atoms with Gasteiger partial charge >= 0.3 is 0 Å². The van der Waals surface area contributed by atoms with Crippen molar-refractivity contribution in [2.45, 2.75) is 58.1 Å². The molecule has 1 N–H and O–H groups in total. The van der Waals surface area contributed by atoms with E-state index in [1.807, 2.05) is 25.1 Å². The summed E-state index contributed by atoms with van der Waals surface area (Å²) in [5, 5.41) is 10.3. The van der Waals surface area contributed by atoms with Crippen molar-refractivity contribution in [2.24, 2.45) is 0 Å². The average molecular weight is 353 g/mol. The topological polar surface area (TPSA) is 58.5 Å². The Morgan fingerprint density at radius 2 is 2.00 bits per heavy atom. The van der Waals surface area contributed by atoms with Crippen LogP contribution in [-0.2, 0) is 24.1 Å². The second-order valence-corrected chi connectivity index (χ2v) is 7.37. The van der Waals surface area contributed by atoms with Crippen molar-refractivity contribution >= 4 is 5.82 Å². The van der Waals surface area contributed by atoms with Gasteiger partial charge in [-0.05, 0) is 51.5 Å². The lowest BCUT2D eigenvalue weighted by atomic mass is 9.95. The van der Waals surface area contributed by atoms with Gasteiger partial charge in [-0.15, -0.1) is 0 Å². The fraction of sp³-hybridized carbons (Fsp3) is 0.524. The van der Waals surface area contributed by atoms with Crippen LogP contribution in [0.15, 0.2) is 24.3 Å². The molecule has 1 unspecified atom stereocenters. The van der Waals surface area contributed by atoms with E-state index in [-0.39, 0.29) is 6.10 Å². The summed E-state index contributed by atoms with van der Waals surface area (Å²) in [7, 11) is 0. The van der Waals surface area contributed by atoms with Crippen molar-refractivity contribution in [2.75, 3.05) is 18.1 Å². The van der Waals surface area contributed by atoms with Gasteiger partial charge in [-0.3, -0.25) is 0 Å². The molecule has 1 aliphatic heterocycles. The zero-order valence-corrected chi connectivity index (χ0v) is 15.4. The third-order valence-electron chi connectivity index (χ3n) is 5.37. The van der Waals surface area contributed by atoms with Gasteiger partial charge in [0.2, 0.25) is 0 Å². The Balaban J connectivity index is 1.70. The highest BCUT2D eigenvalue weighted by atomic mass is 16.5. The number of para-hydroxylation sites is 1. The van der Waals surface area contributed by atoms with Crippen LogP contribution in [0.2, 0.25) is 0 Å². The molecule has 0 amide bonds. The molecule has 0 spiro atoms. The Hall–Kier alpha value is -2.14. The summed E-state index contributed by atoms with van der Waals surface area (Å²) in [5.41, 5.74) is 3.41. The number of hydrogen-bond acceptors (Lipinski definition) is 5. The van der Waals surface area contributed by atoms with Gasteiger partial charge in [0.1, 0.15) is 17.4 Å². The highest BCUT2D eigenvalue weighted by Crippen LogP contribution is 2.31. The third kappa shape index (κ3) is 3.68. The molecule has 138 valence electrons. The van der Waals surface area contributed by atoms with Gasteiger partial charge in [0.25, 0.3) is 0 Å². The monoisotopic (exact) mass is 353 g/mol. The number of hydrogen-bond donors (Lipinski definition) is 1. The van der Waals surface area contributed by atoms with Gasteiger partial charge in [0.05, 0.1) is 6.10 Å². The molecule has 1 atom stereocenters. The molecule has 2 heterocycles. The molecule has 1 fully saturated rings. The zero-order valence-electron chi connectivity index (χ0n) is 15.4. The molecule has 26 heavy (non-hydrogen) atoms. The highest BCUT2D eigenvalue weighted by Gasteiger charge is 2.25. The number of anilines is 1.